The molecule has 136 valence electrons. The van der Waals surface area contributed by atoms with Crippen molar-refractivity contribution in [2.75, 3.05) is 25.5 Å². The standard InChI is InChI=1S/C18H17ClN2O5/c19-11-5-6-13(14(20)7-11)18(23)25-10-17(22)21-8-12-9-24-15-3-1-2-4-16(15)26-12/h1-7,12H,8-10,20H2,(H,21,22)/t12-/m0/s1. The van der Waals surface area contributed by atoms with Gasteiger partial charge in [-0.15, -0.1) is 0 Å². The van der Waals surface area contributed by atoms with Crippen molar-refractivity contribution in [1.29, 1.82) is 0 Å². The van der Waals surface area contributed by atoms with Gasteiger partial charge in [0, 0.05) is 10.7 Å². The number of fused-ring (bicyclic) bond motifs is 1. The Morgan fingerprint density at radius 1 is 1.23 bits per heavy atom. The predicted octanol–water partition coefficient (Wildman–Crippen LogP) is 2.04. The third-order valence-electron chi connectivity index (χ3n) is 3.66. The molecule has 0 unspecified atom stereocenters. The molecule has 0 saturated heterocycles. The highest BCUT2D eigenvalue weighted by Gasteiger charge is 2.21. The number of nitrogens with two attached hydrogens (primary N) is 1. The van der Waals surface area contributed by atoms with Gasteiger partial charge in [0.25, 0.3) is 5.91 Å². The zero-order valence-electron chi connectivity index (χ0n) is 13.7. The van der Waals surface area contributed by atoms with Crippen LogP contribution in [0.5, 0.6) is 11.5 Å². The minimum absolute atomic E-state index is 0.155. The summed E-state index contributed by atoms with van der Waals surface area (Å²) in [6.45, 7) is 0.122. The first-order valence-corrected chi connectivity index (χ1v) is 8.28. The highest BCUT2D eigenvalue weighted by Crippen LogP contribution is 2.30. The minimum Gasteiger partial charge on any atom is -0.486 e. The average Bonchev–Trinajstić information content (AvgIpc) is 2.64. The fourth-order valence-corrected chi connectivity index (χ4v) is 2.55. The van der Waals surface area contributed by atoms with Crippen molar-refractivity contribution in [3.63, 3.8) is 0 Å². The lowest BCUT2D eigenvalue weighted by atomic mass is 10.2. The monoisotopic (exact) mass is 376 g/mol. The zero-order valence-corrected chi connectivity index (χ0v) is 14.5. The molecule has 7 nitrogen and oxygen atoms in total. The summed E-state index contributed by atoms with van der Waals surface area (Å²) in [7, 11) is 0. The van der Waals surface area contributed by atoms with E-state index in [0.717, 1.165) is 0 Å². The van der Waals surface area contributed by atoms with Gasteiger partial charge in [0.1, 0.15) is 12.7 Å². The molecule has 2 aromatic carbocycles. The number of rotatable bonds is 5. The Labute approximate surface area is 155 Å². The summed E-state index contributed by atoms with van der Waals surface area (Å²) in [5, 5.41) is 3.05. The normalized spacial score (nSPS) is 15.2. The molecular weight excluding hydrogens is 360 g/mol. The highest BCUT2D eigenvalue weighted by molar-refractivity contribution is 6.31. The van der Waals surface area contributed by atoms with Crippen LogP contribution in [0.1, 0.15) is 10.4 Å². The first kappa shape index (κ1) is 17.9. The number of nitrogen functional groups attached to an aromatic ring is 1. The fourth-order valence-electron chi connectivity index (χ4n) is 2.37. The minimum atomic E-state index is -0.694. The lowest BCUT2D eigenvalue weighted by Crippen LogP contribution is -2.42. The van der Waals surface area contributed by atoms with Crippen LogP contribution in [0, 0.1) is 0 Å². The molecule has 3 N–H and O–H groups in total. The molecule has 0 spiro atoms. The Morgan fingerprint density at radius 2 is 2.00 bits per heavy atom. The van der Waals surface area contributed by atoms with E-state index in [1.165, 1.54) is 18.2 Å². The molecule has 0 aromatic heterocycles. The van der Waals surface area contributed by atoms with E-state index in [4.69, 9.17) is 31.5 Å². The molecule has 0 saturated carbocycles. The number of nitrogens with one attached hydrogen (secondary N) is 1. The van der Waals surface area contributed by atoms with Gasteiger partial charge in [0.2, 0.25) is 0 Å². The second kappa shape index (κ2) is 7.97. The maximum atomic E-state index is 12.0. The number of hydrogen-bond acceptors (Lipinski definition) is 6. The number of hydrogen-bond donors (Lipinski definition) is 2. The van der Waals surface area contributed by atoms with Crippen LogP contribution >= 0.6 is 11.6 Å². The molecule has 0 fully saturated rings. The Morgan fingerprint density at radius 3 is 2.77 bits per heavy atom. The van der Waals surface area contributed by atoms with Gasteiger partial charge >= 0.3 is 5.97 Å². The second-order valence-corrected chi connectivity index (χ2v) is 6.05. The number of halogens is 1. The number of carbonyl (C=O) groups excluding carboxylic acids is 2. The molecule has 1 aliphatic heterocycles. The first-order chi connectivity index (χ1) is 12.5. The summed E-state index contributed by atoms with van der Waals surface area (Å²) in [6, 6.07) is 11.7. The smallest absolute Gasteiger partial charge is 0.340 e. The van der Waals surface area contributed by atoms with Crippen molar-refractivity contribution < 1.29 is 23.8 Å². The van der Waals surface area contributed by atoms with Crippen LogP contribution in [-0.2, 0) is 9.53 Å². The zero-order chi connectivity index (χ0) is 18.5. The molecule has 1 amide bonds. The summed E-state index contributed by atoms with van der Waals surface area (Å²) >= 11 is 5.78. The van der Waals surface area contributed by atoms with Crippen LogP contribution in [0.15, 0.2) is 42.5 Å². The van der Waals surface area contributed by atoms with Crippen molar-refractivity contribution in [1.82, 2.24) is 5.32 Å². The molecule has 0 aliphatic carbocycles. The van der Waals surface area contributed by atoms with E-state index in [0.29, 0.717) is 23.1 Å². The molecule has 1 aliphatic rings. The van der Waals surface area contributed by atoms with Gasteiger partial charge < -0.3 is 25.3 Å². The fraction of sp³-hybridized carbons (Fsp3) is 0.222. The third kappa shape index (κ3) is 4.37. The van der Waals surface area contributed by atoms with Crippen LogP contribution in [0.25, 0.3) is 0 Å². The van der Waals surface area contributed by atoms with Gasteiger partial charge in [-0.05, 0) is 30.3 Å². The number of carbonyl (C=O) groups is 2. The van der Waals surface area contributed by atoms with E-state index < -0.39 is 18.5 Å². The van der Waals surface area contributed by atoms with E-state index in [1.807, 2.05) is 18.2 Å². The SMILES string of the molecule is Nc1cc(Cl)ccc1C(=O)OCC(=O)NC[C@H]1COc2ccccc2O1. The quantitative estimate of drug-likeness (QED) is 0.612. The Hall–Kier alpha value is -2.93. The number of para-hydroxylation sites is 2. The van der Waals surface area contributed by atoms with Crippen molar-refractivity contribution >= 4 is 29.2 Å². The average molecular weight is 377 g/mol. The molecule has 1 heterocycles. The maximum Gasteiger partial charge on any atom is 0.340 e. The van der Waals surface area contributed by atoms with Crippen LogP contribution in [0.4, 0.5) is 5.69 Å². The molecule has 8 heteroatoms. The highest BCUT2D eigenvalue weighted by atomic mass is 35.5. The largest absolute Gasteiger partial charge is 0.486 e. The summed E-state index contributed by atoms with van der Waals surface area (Å²) in [4.78, 5) is 23.8. The molecule has 2 aromatic rings. The molecular formula is C18H17ClN2O5. The lowest BCUT2D eigenvalue weighted by molar-refractivity contribution is -0.124. The van der Waals surface area contributed by atoms with E-state index in [9.17, 15) is 9.59 Å². The molecule has 0 bridgehead atoms. The van der Waals surface area contributed by atoms with E-state index in [2.05, 4.69) is 5.32 Å². The van der Waals surface area contributed by atoms with E-state index in [-0.39, 0.29) is 23.9 Å². The predicted molar refractivity (Wildman–Crippen MR) is 95.5 cm³/mol. The van der Waals surface area contributed by atoms with Gasteiger partial charge in [0.15, 0.2) is 18.1 Å². The molecule has 3 rings (SSSR count). The van der Waals surface area contributed by atoms with Crippen molar-refractivity contribution in [2.45, 2.75) is 6.10 Å². The Kier molecular flexibility index (Phi) is 5.48. The number of esters is 1. The summed E-state index contributed by atoms with van der Waals surface area (Å²) in [5.41, 5.74) is 6.05. The molecule has 1 atom stereocenters. The number of amides is 1. The van der Waals surface area contributed by atoms with Crippen molar-refractivity contribution in [2.24, 2.45) is 0 Å². The second-order valence-electron chi connectivity index (χ2n) is 5.61. The van der Waals surface area contributed by atoms with Crippen molar-refractivity contribution in [3.05, 3.63) is 53.1 Å². The third-order valence-corrected chi connectivity index (χ3v) is 3.90. The molecule has 26 heavy (non-hydrogen) atoms. The molecule has 0 radical (unpaired) electrons. The van der Waals surface area contributed by atoms with Crippen LogP contribution in [0.2, 0.25) is 5.02 Å². The van der Waals surface area contributed by atoms with Crippen LogP contribution in [0.3, 0.4) is 0 Å². The van der Waals surface area contributed by atoms with Crippen LogP contribution in [-0.4, -0.2) is 37.7 Å². The summed E-state index contributed by atoms with van der Waals surface area (Å²) < 4.78 is 16.2. The van der Waals surface area contributed by atoms with Gasteiger partial charge in [-0.25, -0.2) is 4.79 Å². The Balaban J connectivity index is 1.44. The van der Waals surface area contributed by atoms with Gasteiger partial charge in [-0.2, -0.15) is 0 Å². The van der Waals surface area contributed by atoms with Gasteiger partial charge in [0.05, 0.1) is 12.1 Å². The Bertz CT molecular complexity index is 827. The maximum absolute atomic E-state index is 12.0. The van der Waals surface area contributed by atoms with Crippen LogP contribution < -0.4 is 20.5 Å². The number of anilines is 1. The van der Waals surface area contributed by atoms with Gasteiger partial charge in [-0.1, -0.05) is 23.7 Å². The van der Waals surface area contributed by atoms with Gasteiger partial charge in [-0.3, -0.25) is 4.79 Å². The van der Waals surface area contributed by atoms with E-state index >= 15 is 0 Å². The first-order valence-electron chi connectivity index (χ1n) is 7.90. The topological polar surface area (TPSA) is 99.9 Å². The van der Waals surface area contributed by atoms with Crippen molar-refractivity contribution in [3.8, 4) is 11.5 Å². The van der Waals surface area contributed by atoms with E-state index in [1.54, 1.807) is 6.07 Å². The lowest BCUT2D eigenvalue weighted by Gasteiger charge is -2.26. The summed E-state index contributed by atoms with van der Waals surface area (Å²) in [5.74, 6) is 0.154. The summed E-state index contributed by atoms with van der Waals surface area (Å²) in [6.07, 6.45) is -0.323. The number of benzene rings is 2. The number of ether oxygens (including phenoxy) is 3.